The molecule has 0 radical (unpaired) electrons. The lowest BCUT2D eigenvalue weighted by atomic mass is 10.4. The first-order valence-corrected chi connectivity index (χ1v) is 5.18. The van der Waals surface area contributed by atoms with Gasteiger partial charge in [-0.1, -0.05) is 0 Å². The molecule has 1 rings (SSSR count). The average molecular weight is 218 g/mol. The molecular formula is C3H6O7S2. The van der Waals surface area contributed by atoms with Gasteiger partial charge in [-0.25, -0.2) is 4.18 Å². The van der Waals surface area contributed by atoms with Crippen molar-refractivity contribution in [3.8, 4) is 0 Å². The van der Waals surface area contributed by atoms with Crippen molar-refractivity contribution in [2.45, 2.75) is 6.10 Å². The lowest BCUT2D eigenvalue weighted by molar-refractivity contribution is 0.144. The van der Waals surface area contributed by atoms with Gasteiger partial charge in [0.15, 0.2) is 0 Å². The van der Waals surface area contributed by atoms with Crippen LogP contribution in [0.25, 0.3) is 0 Å². The third kappa shape index (κ3) is 3.56. The molecule has 0 bridgehead atoms. The number of hydrogen-bond acceptors (Lipinski definition) is 6. The van der Waals surface area contributed by atoms with Crippen molar-refractivity contribution in [2.24, 2.45) is 0 Å². The standard InChI is InChI=1S/C3H6O7S2/c4-11-8-1-3(10-11)2-9-12(5,6)7/h3H,1-2H2,(H,5,6,7). The Hall–Kier alpha value is -0.0600. The molecule has 9 heteroatoms. The van der Waals surface area contributed by atoms with Crippen molar-refractivity contribution in [3.05, 3.63) is 0 Å². The summed E-state index contributed by atoms with van der Waals surface area (Å²) in [7, 11) is -4.46. The van der Waals surface area contributed by atoms with Crippen molar-refractivity contribution in [2.75, 3.05) is 13.2 Å². The Labute approximate surface area is 71.4 Å². The summed E-state index contributed by atoms with van der Waals surface area (Å²) in [6.07, 6.45) is -0.729. The third-order valence-electron chi connectivity index (χ3n) is 0.968. The average Bonchev–Trinajstić information content (AvgIpc) is 2.30. The Morgan fingerprint density at radius 3 is 2.75 bits per heavy atom. The third-order valence-corrected chi connectivity index (χ3v) is 2.16. The molecule has 0 aromatic heterocycles. The van der Waals surface area contributed by atoms with Gasteiger partial charge in [-0.15, -0.1) is 0 Å². The lowest BCUT2D eigenvalue weighted by Crippen LogP contribution is -2.20. The second kappa shape index (κ2) is 3.77. The van der Waals surface area contributed by atoms with Gasteiger partial charge < -0.3 is 0 Å². The van der Waals surface area contributed by atoms with Crippen LogP contribution in [0, 0.1) is 0 Å². The van der Waals surface area contributed by atoms with Crippen LogP contribution >= 0.6 is 0 Å². The molecule has 12 heavy (non-hydrogen) atoms. The smallest absolute Gasteiger partial charge is 0.266 e. The molecule has 1 fully saturated rings. The Balaban J connectivity index is 2.30. The van der Waals surface area contributed by atoms with Crippen molar-refractivity contribution in [1.82, 2.24) is 0 Å². The summed E-state index contributed by atoms with van der Waals surface area (Å²) >= 11 is -1.84. The number of rotatable bonds is 3. The van der Waals surface area contributed by atoms with E-state index in [1.54, 1.807) is 0 Å². The molecule has 72 valence electrons. The highest BCUT2D eigenvalue weighted by atomic mass is 32.3. The van der Waals surface area contributed by atoms with Crippen molar-refractivity contribution in [3.63, 3.8) is 0 Å². The molecule has 1 aliphatic rings. The molecule has 0 aliphatic carbocycles. The van der Waals surface area contributed by atoms with Gasteiger partial charge >= 0.3 is 21.8 Å². The molecule has 0 amide bonds. The minimum absolute atomic E-state index is 0.0257. The van der Waals surface area contributed by atoms with Crippen LogP contribution < -0.4 is 0 Å². The zero-order valence-electron chi connectivity index (χ0n) is 5.70. The van der Waals surface area contributed by atoms with Gasteiger partial charge in [-0.3, -0.25) is 12.9 Å². The fourth-order valence-corrected chi connectivity index (χ4v) is 1.51. The predicted molar refractivity (Wildman–Crippen MR) is 36.5 cm³/mol. The van der Waals surface area contributed by atoms with E-state index in [0.29, 0.717) is 0 Å². The SMILES string of the molecule is O=S1OCC(COS(=O)(=O)O)O1. The molecule has 0 saturated carbocycles. The maximum Gasteiger partial charge on any atom is 0.397 e. The van der Waals surface area contributed by atoms with E-state index in [1.165, 1.54) is 0 Å². The monoisotopic (exact) mass is 218 g/mol. The molecule has 1 N–H and O–H groups in total. The second-order valence-corrected chi connectivity index (χ2v) is 3.85. The van der Waals surface area contributed by atoms with Crippen molar-refractivity contribution in [1.29, 1.82) is 0 Å². The van der Waals surface area contributed by atoms with Crippen LogP contribution in [0.2, 0.25) is 0 Å². The second-order valence-electron chi connectivity index (χ2n) is 1.92. The first-order valence-electron chi connectivity index (χ1n) is 2.81. The van der Waals surface area contributed by atoms with E-state index >= 15 is 0 Å². The maximum atomic E-state index is 10.4. The van der Waals surface area contributed by atoms with E-state index in [1.807, 2.05) is 0 Å². The van der Waals surface area contributed by atoms with Gasteiger partial charge in [0.25, 0.3) is 0 Å². The van der Waals surface area contributed by atoms with Crippen molar-refractivity contribution < 1.29 is 29.7 Å². The fourth-order valence-electron chi connectivity index (χ4n) is 0.536. The highest BCUT2D eigenvalue weighted by molar-refractivity contribution is 7.80. The van der Waals surface area contributed by atoms with Gasteiger partial charge in [0.2, 0.25) is 0 Å². The van der Waals surface area contributed by atoms with Gasteiger partial charge in [0.1, 0.15) is 6.10 Å². The molecule has 2 unspecified atom stereocenters. The molecule has 1 saturated heterocycles. The normalized spacial score (nSPS) is 30.8. The molecule has 7 nitrogen and oxygen atoms in total. The van der Waals surface area contributed by atoms with Crippen LogP contribution in [-0.2, 0) is 34.3 Å². The van der Waals surface area contributed by atoms with Crippen LogP contribution in [0.3, 0.4) is 0 Å². The number of hydrogen-bond donors (Lipinski definition) is 1. The minimum atomic E-state index is -4.46. The fraction of sp³-hybridized carbons (Fsp3) is 1.00. The first-order chi connectivity index (χ1) is 5.47. The van der Waals surface area contributed by atoms with E-state index < -0.39 is 34.5 Å². The predicted octanol–water partition coefficient (Wildman–Crippen LogP) is -1.20. The molecule has 1 heterocycles. The quantitative estimate of drug-likeness (QED) is 0.594. The van der Waals surface area contributed by atoms with Gasteiger partial charge in [-0.2, -0.15) is 12.6 Å². The maximum absolute atomic E-state index is 10.4. The summed E-state index contributed by atoms with van der Waals surface area (Å²) in [5.41, 5.74) is 0. The molecule has 0 aromatic rings. The lowest BCUT2D eigenvalue weighted by Gasteiger charge is -2.02. The van der Waals surface area contributed by atoms with E-state index in [9.17, 15) is 12.6 Å². The van der Waals surface area contributed by atoms with Crippen LogP contribution in [0.1, 0.15) is 0 Å². The summed E-state index contributed by atoms with van der Waals surface area (Å²) in [6, 6.07) is 0. The van der Waals surface area contributed by atoms with E-state index in [0.717, 1.165) is 0 Å². The zero-order chi connectivity index (χ0) is 9.19. The molecule has 0 aromatic carbocycles. The Kier molecular flexibility index (Phi) is 3.15. The minimum Gasteiger partial charge on any atom is -0.266 e. The first kappa shape index (κ1) is 10.0. The molecule has 2 atom stereocenters. The summed E-state index contributed by atoms with van der Waals surface area (Å²) < 4.78 is 51.4. The topological polar surface area (TPSA) is 99.1 Å². The van der Waals surface area contributed by atoms with Crippen LogP contribution in [-0.4, -0.2) is 36.5 Å². The molecular weight excluding hydrogens is 212 g/mol. The Bertz CT molecular complexity index is 268. The van der Waals surface area contributed by atoms with Gasteiger partial charge in [-0.05, 0) is 0 Å². The zero-order valence-corrected chi connectivity index (χ0v) is 7.34. The van der Waals surface area contributed by atoms with E-state index in [-0.39, 0.29) is 6.61 Å². The summed E-state index contributed by atoms with van der Waals surface area (Å²) in [6.45, 7) is -0.438. The Morgan fingerprint density at radius 1 is 1.67 bits per heavy atom. The van der Waals surface area contributed by atoms with E-state index in [4.69, 9.17) is 4.55 Å². The van der Waals surface area contributed by atoms with E-state index in [2.05, 4.69) is 12.5 Å². The van der Waals surface area contributed by atoms with Gasteiger partial charge in [0, 0.05) is 0 Å². The summed E-state index contributed by atoms with van der Waals surface area (Å²) in [5, 5.41) is 0. The molecule has 0 spiro atoms. The summed E-state index contributed by atoms with van der Waals surface area (Å²) in [4.78, 5) is 0. The largest absolute Gasteiger partial charge is 0.397 e. The Morgan fingerprint density at radius 2 is 2.33 bits per heavy atom. The van der Waals surface area contributed by atoms with Crippen LogP contribution in [0.5, 0.6) is 0 Å². The highest BCUT2D eigenvalue weighted by Gasteiger charge is 2.25. The summed E-state index contributed by atoms with van der Waals surface area (Å²) in [5.74, 6) is 0. The van der Waals surface area contributed by atoms with Crippen molar-refractivity contribution >= 4 is 21.8 Å². The highest BCUT2D eigenvalue weighted by Crippen LogP contribution is 2.09. The molecule has 1 aliphatic heterocycles. The van der Waals surface area contributed by atoms with Crippen LogP contribution in [0.4, 0.5) is 0 Å². The van der Waals surface area contributed by atoms with Gasteiger partial charge in [0.05, 0.1) is 13.2 Å². The van der Waals surface area contributed by atoms with Crippen LogP contribution in [0.15, 0.2) is 0 Å².